The van der Waals surface area contributed by atoms with E-state index < -0.39 is 10.0 Å². The van der Waals surface area contributed by atoms with Crippen molar-refractivity contribution in [3.63, 3.8) is 0 Å². The van der Waals surface area contributed by atoms with Gasteiger partial charge in [-0.15, -0.1) is 35.3 Å². The predicted molar refractivity (Wildman–Crippen MR) is 101 cm³/mol. The van der Waals surface area contributed by atoms with Gasteiger partial charge in [0.15, 0.2) is 5.96 Å². The Labute approximate surface area is 156 Å². The lowest BCUT2D eigenvalue weighted by Crippen LogP contribution is -2.42. The van der Waals surface area contributed by atoms with Gasteiger partial charge in [0, 0.05) is 33.8 Å². The second kappa shape index (κ2) is 11.4. The zero-order chi connectivity index (χ0) is 15.7. The lowest BCUT2D eigenvalue weighted by atomic mass is 10.6. The van der Waals surface area contributed by atoms with Crippen molar-refractivity contribution in [1.82, 2.24) is 15.4 Å². The Morgan fingerprint density at radius 2 is 2.00 bits per heavy atom. The molecule has 0 unspecified atom stereocenters. The van der Waals surface area contributed by atoms with Gasteiger partial charge in [-0.1, -0.05) is 11.6 Å². The average Bonchev–Trinajstić information content (AvgIpc) is 2.89. The molecule has 0 saturated carbocycles. The van der Waals surface area contributed by atoms with E-state index in [1.807, 2.05) is 0 Å². The van der Waals surface area contributed by atoms with Gasteiger partial charge in [0.1, 0.15) is 4.21 Å². The van der Waals surface area contributed by atoms with Crippen molar-refractivity contribution in [2.75, 3.05) is 40.4 Å². The summed E-state index contributed by atoms with van der Waals surface area (Å²) in [7, 11) is -0.248. The number of hydrogen-bond donors (Lipinski definition) is 3. The maximum absolute atomic E-state index is 11.9. The predicted octanol–water partition coefficient (Wildman–Crippen LogP) is 1.11. The fourth-order valence-electron chi connectivity index (χ4n) is 1.37. The van der Waals surface area contributed by atoms with E-state index in [2.05, 4.69) is 20.3 Å². The summed E-state index contributed by atoms with van der Waals surface area (Å²) in [5.41, 5.74) is 0. The third-order valence-electron chi connectivity index (χ3n) is 2.35. The zero-order valence-corrected chi connectivity index (χ0v) is 17.0. The minimum absolute atomic E-state index is 0. The smallest absolute Gasteiger partial charge is 0.250 e. The molecule has 0 atom stereocenters. The van der Waals surface area contributed by atoms with Crippen LogP contribution in [0, 0.1) is 0 Å². The SMILES string of the molecule is CN=C(NCCNS(=O)(=O)c1ccc(Cl)s1)NCCOC.I. The summed E-state index contributed by atoms with van der Waals surface area (Å²) in [6, 6.07) is 3.04. The number of halogens is 2. The lowest BCUT2D eigenvalue weighted by Gasteiger charge is -2.11. The van der Waals surface area contributed by atoms with E-state index >= 15 is 0 Å². The summed E-state index contributed by atoms with van der Waals surface area (Å²) >= 11 is 6.75. The molecule has 1 aromatic heterocycles. The van der Waals surface area contributed by atoms with Crippen molar-refractivity contribution in [2.24, 2.45) is 4.99 Å². The van der Waals surface area contributed by atoms with Gasteiger partial charge in [0.05, 0.1) is 10.9 Å². The molecular formula is C11H20ClIN4O3S2. The molecule has 0 amide bonds. The topological polar surface area (TPSA) is 91.8 Å². The van der Waals surface area contributed by atoms with Gasteiger partial charge in [-0.3, -0.25) is 4.99 Å². The quantitative estimate of drug-likeness (QED) is 0.223. The molecule has 1 aromatic rings. The van der Waals surface area contributed by atoms with Crippen LogP contribution in [0.25, 0.3) is 0 Å². The van der Waals surface area contributed by atoms with Gasteiger partial charge in [0.2, 0.25) is 10.0 Å². The summed E-state index contributed by atoms with van der Waals surface area (Å²) in [5, 5.41) is 6.02. The van der Waals surface area contributed by atoms with Crippen molar-refractivity contribution in [3.05, 3.63) is 16.5 Å². The third-order valence-corrected chi connectivity index (χ3v) is 5.53. The number of aliphatic imine (C=N–C) groups is 1. The average molecular weight is 483 g/mol. The molecule has 22 heavy (non-hydrogen) atoms. The first kappa shape index (κ1) is 21.9. The molecule has 3 N–H and O–H groups in total. The largest absolute Gasteiger partial charge is 0.383 e. The van der Waals surface area contributed by atoms with Crippen molar-refractivity contribution < 1.29 is 13.2 Å². The highest BCUT2D eigenvalue weighted by molar-refractivity contribution is 14.0. The number of hydrogen-bond acceptors (Lipinski definition) is 5. The number of methoxy groups -OCH3 is 1. The monoisotopic (exact) mass is 482 g/mol. The van der Waals surface area contributed by atoms with Gasteiger partial charge in [0.25, 0.3) is 0 Å². The van der Waals surface area contributed by atoms with Crippen LogP contribution in [-0.4, -0.2) is 54.8 Å². The van der Waals surface area contributed by atoms with E-state index in [1.54, 1.807) is 20.2 Å². The van der Waals surface area contributed by atoms with Crippen LogP contribution in [0.3, 0.4) is 0 Å². The molecule has 0 aromatic carbocycles. The maximum atomic E-state index is 11.9. The van der Waals surface area contributed by atoms with E-state index in [1.165, 1.54) is 6.07 Å². The molecule has 0 aliphatic rings. The van der Waals surface area contributed by atoms with Crippen LogP contribution in [0.1, 0.15) is 0 Å². The minimum atomic E-state index is -3.50. The summed E-state index contributed by atoms with van der Waals surface area (Å²) in [5.74, 6) is 0.588. The molecule has 0 aliphatic carbocycles. The Balaban J connectivity index is 0.00000441. The van der Waals surface area contributed by atoms with Gasteiger partial charge in [-0.05, 0) is 12.1 Å². The molecule has 0 fully saturated rings. The zero-order valence-electron chi connectivity index (χ0n) is 12.3. The van der Waals surface area contributed by atoms with Crippen LogP contribution in [0.15, 0.2) is 21.3 Å². The molecule has 128 valence electrons. The van der Waals surface area contributed by atoms with Crippen molar-refractivity contribution in [2.45, 2.75) is 4.21 Å². The summed E-state index contributed by atoms with van der Waals surface area (Å²) in [4.78, 5) is 4.00. The number of sulfonamides is 1. The first-order chi connectivity index (χ1) is 9.99. The number of guanidine groups is 1. The van der Waals surface area contributed by atoms with Crippen LogP contribution in [0.4, 0.5) is 0 Å². The van der Waals surface area contributed by atoms with Crippen LogP contribution in [0.5, 0.6) is 0 Å². The van der Waals surface area contributed by atoms with Crippen molar-refractivity contribution in [1.29, 1.82) is 0 Å². The van der Waals surface area contributed by atoms with E-state index in [9.17, 15) is 8.42 Å². The Kier molecular flexibility index (Phi) is 11.3. The summed E-state index contributed by atoms with van der Waals surface area (Å²) in [6.45, 7) is 1.83. The van der Waals surface area contributed by atoms with Crippen LogP contribution in [-0.2, 0) is 14.8 Å². The first-order valence-electron chi connectivity index (χ1n) is 6.18. The Hall–Kier alpha value is -0.140. The molecule has 1 heterocycles. The summed E-state index contributed by atoms with van der Waals surface area (Å²) in [6.07, 6.45) is 0. The van der Waals surface area contributed by atoms with Crippen molar-refractivity contribution in [3.8, 4) is 0 Å². The number of nitrogens with zero attached hydrogens (tertiary/aromatic N) is 1. The van der Waals surface area contributed by atoms with E-state index in [4.69, 9.17) is 16.3 Å². The number of thiophene rings is 1. The Morgan fingerprint density at radius 3 is 2.55 bits per heavy atom. The van der Waals surface area contributed by atoms with E-state index in [0.717, 1.165) is 11.3 Å². The number of nitrogens with one attached hydrogen (secondary N) is 3. The number of ether oxygens (including phenoxy) is 1. The minimum Gasteiger partial charge on any atom is -0.383 e. The number of rotatable bonds is 8. The molecule has 0 bridgehead atoms. The van der Waals surface area contributed by atoms with E-state index in [-0.39, 0.29) is 34.7 Å². The summed E-state index contributed by atoms with van der Waals surface area (Å²) < 4.78 is 31.9. The lowest BCUT2D eigenvalue weighted by molar-refractivity contribution is 0.203. The van der Waals surface area contributed by atoms with E-state index in [0.29, 0.717) is 30.0 Å². The molecule has 0 saturated heterocycles. The molecule has 1 rings (SSSR count). The molecule has 0 radical (unpaired) electrons. The van der Waals surface area contributed by atoms with Crippen LogP contribution >= 0.6 is 46.9 Å². The molecule has 7 nitrogen and oxygen atoms in total. The molecule has 0 spiro atoms. The fourth-order valence-corrected chi connectivity index (χ4v) is 3.93. The van der Waals surface area contributed by atoms with Gasteiger partial charge >= 0.3 is 0 Å². The Bertz CT molecular complexity index is 565. The second-order valence-corrected chi connectivity index (χ2v) is 7.58. The highest BCUT2D eigenvalue weighted by Crippen LogP contribution is 2.24. The maximum Gasteiger partial charge on any atom is 0.250 e. The fraction of sp³-hybridized carbons (Fsp3) is 0.545. The third kappa shape index (κ3) is 7.92. The Morgan fingerprint density at radius 1 is 1.32 bits per heavy atom. The molecule has 0 aliphatic heterocycles. The highest BCUT2D eigenvalue weighted by Gasteiger charge is 2.15. The standard InChI is InChI=1S/C11H19ClN4O3S2.HI/c1-13-11(15-7-8-19-2)14-5-6-16-21(17,18)10-4-3-9(12)20-10;/h3-4,16H,5-8H2,1-2H3,(H2,13,14,15);1H. The molecule has 11 heteroatoms. The van der Waals surface area contributed by atoms with Gasteiger partial charge < -0.3 is 15.4 Å². The van der Waals surface area contributed by atoms with Gasteiger partial charge in [-0.2, -0.15) is 0 Å². The normalized spacial score (nSPS) is 11.9. The van der Waals surface area contributed by atoms with Crippen LogP contribution < -0.4 is 15.4 Å². The second-order valence-electron chi connectivity index (χ2n) is 3.87. The van der Waals surface area contributed by atoms with Gasteiger partial charge in [-0.25, -0.2) is 13.1 Å². The van der Waals surface area contributed by atoms with Crippen LogP contribution in [0.2, 0.25) is 4.34 Å². The highest BCUT2D eigenvalue weighted by atomic mass is 127. The van der Waals surface area contributed by atoms with Crippen molar-refractivity contribution >= 4 is 62.9 Å². The first-order valence-corrected chi connectivity index (χ1v) is 8.86. The molecular weight excluding hydrogens is 463 g/mol.